The number of aliphatic hydroxyl groups excluding tert-OH is 1. The lowest BCUT2D eigenvalue weighted by molar-refractivity contribution is 0.0731. The molecular formula is C24H28N2O4S. The Morgan fingerprint density at radius 3 is 2.52 bits per heavy atom. The monoisotopic (exact) mass is 440 g/mol. The van der Waals surface area contributed by atoms with Crippen molar-refractivity contribution in [2.75, 3.05) is 6.54 Å². The van der Waals surface area contributed by atoms with Gasteiger partial charge in [0.25, 0.3) is 5.91 Å². The fraction of sp³-hybridized carbons (Fsp3) is 0.458. The summed E-state index contributed by atoms with van der Waals surface area (Å²) in [5.41, 5.74) is 0.659. The average Bonchev–Trinajstić information content (AvgIpc) is 3.38. The maximum Gasteiger partial charge on any atom is 0.251 e. The summed E-state index contributed by atoms with van der Waals surface area (Å²) in [6.07, 6.45) is 1.24. The molecule has 2 bridgehead atoms. The first-order valence-corrected chi connectivity index (χ1v) is 12.3. The molecule has 1 amide bonds. The molecule has 0 unspecified atom stereocenters. The molecule has 2 aromatic rings. The molecule has 1 heterocycles. The molecule has 6 nitrogen and oxygen atoms in total. The van der Waals surface area contributed by atoms with Gasteiger partial charge in [0.05, 0.1) is 22.6 Å². The molecule has 2 saturated carbocycles. The van der Waals surface area contributed by atoms with Crippen LogP contribution >= 0.6 is 0 Å². The highest BCUT2D eigenvalue weighted by molar-refractivity contribution is 7.89. The van der Waals surface area contributed by atoms with Crippen LogP contribution in [-0.4, -0.2) is 42.4 Å². The Balaban J connectivity index is 1.40. The fourth-order valence-corrected chi connectivity index (χ4v) is 7.64. The van der Waals surface area contributed by atoms with E-state index in [2.05, 4.69) is 5.32 Å². The van der Waals surface area contributed by atoms with Crippen molar-refractivity contribution in [2.45, 2.75) is 49.3 Å². The highest BCUT2D eigenvalue weighted by Crippen LogP contribution is 2.56. The van der Waals surface area contributed by atoms with E-state index in [1.165, 1.54) is 16.4 Å². The third-order valence-corrected chi connectivity index (χ3v) is 9.29. The van der Waals surface area contributed by atoms with Crippen LogP contribution in [-0.2, 0) is 15.6 Å². The Hall–Kier alpha value is -2.22. The highest BCUT2D eigenvalue weighted by Gasteiger charge is 2.61. The molecule has 3 fully saturated rings. The maximum atomic E-state index is 13.5. The van der Waals surface area contributed by atoms with Gasteiger partial charge in [-0.05, 0) is 68.2 Å². The molecule has 0 aromatic heterocycles. The molecule has 0 spiro atoms. The first-order valence-electron chi connectivity index (χ1n) is 10.9. The lowest BCUT2D eigenvalue weighted by Gasteiger charge is -2.28. The van der Waals surface area contributed by atoms with Crippen molar-refractivity contribution in [3.8, 4) is 0 Å². The van der Waals surface area contributed by atoms with E-state index in [4.69, 9.17) is 0 Å². The average molecular weight is 441 g/mol. The van der Waals surface area contributed by atoms with Gasteiger partial charge in [0.1, 0.15) is 0 Å². The number of nitrogens with zero attached hydrogens (tertiary/aromatic N) is 1. The molecular weight excluding hydrogens is 412 g/mol. The number of carbonyl (C=O) groups excluding carboxylic acids is 1. The van der Waals surface area contributed by atoms with Crippen molar-refractivity contribution in [1.29, 1.82) is 0 Å². The topological polar surface area (TPSA) is 86.7 Å². The molecule has 2 N–H and O–H groups in total. The van der Waals surface area contributed by atoms with Crippen molar-refractivity contribution >= 4 is 15.9 Å². The molecule has 1 saturated heterocycles. The van der Waals surface area contributed by atoms with Gasteiger partial charge in [-0.3, -0.25) is 4.79 Å². The smallest absolute Gasteiger partial charge is 0.251 e. The largest absolute Gasteiger partial charge is 0.391 e. The molecule has 7 heteroatoms. The Morgan fingerprint density at radius 2 is 1.81 bits per heavy atom. The highest BCUT2D eigenvalue weighted by atomic mass is 32.2. The Bertz CT molecular complexity index is 1110. The van der Waals surface area contributed by atoms with Crippen LogP contribution in [0.3, 0.4) is 0 Å². The first kappa shape index (κ1) is 20.7. The summed E-state index contributed by atoms with van der Waals surface area (Å²) in [5.74, 6) is 0.491. The molecule has 5 rings (SSSR count). The lowest BCUT2D eigenvalue weighted by Crippen LogP contribution is -2.43. The van der Waals surface area contributed by atoms with E-state index in [-0.39, 0.29) is 28.7 Å². The van der Waals surface area contributed by atoms with Gasteiger partial charge in [-0.25, -0.2) is 8.42 Å². The summed E-state index contributed by atoms with van der Waals surface area (Å²) in [6.45, 7) is 4.29. The van der Waals surface area contributed by atoms with E-state index in [0.29, 0.717) is 18.0 Å². The number of rotatable bonds is 5. The number of nitrogens with one attached hydrogen (secondary N) is 1. The van der Waals surface area contributed by atoms with Gasteiger partial charge in [0, 0.05) is 12.1 Å². The normalized spacial score (nSPS) is 30.0. The molecule has 31 heavy (non-hydrogen) atoms. The summed E-state index contributed by atoms with van der Waals surface area (Å²) >= 11 is 0. The zero-order valence-electron chi connectivity index (χ0n) is 17.7. The van der Waals surface area contributed by atoms with Gasteiger partial charge in [-0.1, -0.05) is 36.4 Å². The van der Waals surface area contributed by atoms with Gasteiger partial charge in [-0.15, -0.1) is 0 Å². The number of sulfonamides is 1. The number of fused-ring (bicyclic) bond motifs is 1. The standard InChI is InChI=1S/C24H28N2O4S/c1-24(2,18-8-4-3-5-9-18)25-23(28)15-7-6-10-19(12-15)31(29,30)26-14-17-11-16-13-20(17)21(26)22(16)27/h3-10,12,16-17,20-22,27H,11,13-14H2,1-2H3,(H,25,28)/t16-,17-,20+,21-,22+/m0/s1. The van der Waals surface area contributed by atoms with Gasteiger partial charge < -0.3 is 10.4 Å². The summed E-state index contributed by atoms with van der Waals surface area (Å²) in [5, 5.41) is 13.6. The Labute approximate surface area is 183 Å². The minimum absolute atomic E-state index is 0.106. The molecule has 5 atom stereocenters. The Kier molecular flexibility index (Phi) is 4.77. The molecule has 3 aliphatic rings. The van der Waals surface area contributed by atoms with Crippen LogP contribution in [0.2, 0.25) is 0 Å². The van der Waals surface area contributed by atoms with Crippen LogP contribution in [0.1, 0.15) is 42.6 Å². The number of aliphatic hydroxyl groups is 1. The first-order chi connectivity index (χ1) is 14.7. The molecule has 0 radical (unpaired) electrons. The molecule has 2 aromatic carbocycles. The second-order valence-electron chi connectivity index (χ2n) is 9.68. The molecule has 1 aliphatic heterocycles. The number of carbonyl (C=O) groups is 1. The van der Waals surface area contributed by atoms with E-state index in [9.17, 15) is 18.3 Å². The third kappa shape index (κ3) is 3.30. The SMILES string of the molecule is CC(C)(NC(=O)c1cccc(S(=O)(=O)N2C[C@@H]3C[C@H]4C[C@H]3[C@H]2[C@@H]4O)c1)c1ccccc1. The van der Waals surface area contributed by atoms with E-state index in [1.807, 2.05) is 44.2 Å². The zero-order chi connectivity index (χ0) is 22.0. The second-order valence-corrected chi connectivity index (χ2v) is 11.6. The number of hydrogen-bond acceptors (Lipinski definition) is 4. The van der Waals surface area contributed by atoms with Gasteiger partial charge in [0.15, 0.2) is 0 Å². The van der Waals surface area contributed by atoms with Crippen molar-refractivity contribution in [3.05, 3.63) is 65.7 Å². The van der Waals surface area contributed by atoms with Crippen LogP contribution in [0.25, 0.3) is 0 Å². The van der Waals surface area contributed by atoms with Gasteiger partial charge in [-0.2, -0.15) is 4.31 Å². The van der Waals surface area contributed by atoms with Crippen LogP contribution < -0.4 is 5.32 Å². The summed E-state index contributed by atoms with van der Waals surface area (Å²) in [7, 11) is -3.79. The van der Waals surface area contributed by atoms with Gasteiger partial charge in [0.2, 0.25) is 10.0 Å². The van der Waals surface area contributed by atoms with Crippen molar-refractivity contribution in [3.63, 3.8) is 0 Å². The Morgan fingerprint density at radius 1 is 1.06 bits per heavy atom. The van der Waals surface area contributed by atoms with Crippen LogP contribution in [0.15, 0.2) is 59.5 Å². The number of benzene rings is 2. The minimum atomic E-state index is -3.79. The fourth-order valence-electron chi connectivity index (χ4n) is 5.85. The second kappa shape index (κ2) is 7.15. The summed E-state index contributed by atoms with van der Waals surface area (Å²) in [4.78, 5) is 13.1. The van der Waals surface area contributed by atoms with Crippen LogP contribution in [0.5, 0.6) is 0 Å². The third-order valence-electron chi connectivity index (χ3n) is 7.43. The van der Waals surface area contributed by atoms with Crippen LogP contribution in [0.4, 0.5) is 0 Å². The van der Waals surface area contributed by atoms with Crippen LogP contribution in [0, 0.1) is 17.8 Å². The summed E-state index contributed by atoms with van der Waals surface area (Å²) in [6, 6.07) is 15.5. The number of amides is 1. The molecule has 164 valence electrons. The van der Waals surface area contributed by atoms with E-state index >= 15 is 0 Å². The summed E-state index contributed by atoms with van der Waals surface area (Å²) < 4.78 is 28.4. The predicted octanol–water partition coefficient (Wildman–Crippen LogP) is 2.74. The quantitative estimate of drug-likeness (QED) is 0.749. The van der Waals surface area contributed by atoms with Crippen molar-refractivity contribution in [1.82, 2.24) is 9.62 Å². The van der Waals surface area contributed by atoms with E-state index < -0.39 is 21.7 Å². The minimum Gasteiger partial charge on any atom is -0.391 e. The van der Waals surface area contributed by atoms with E-state index in [1.54, 1.807) is 12.1 Å². The van der Waals surface area contributed by atoms with E-state index in [0.717, 1.165) is 18.4 Å². The maximum absolute atomic E-state index is 13.5. The van der Waals surface area contributed by atoms with Crippen molar-refractivity contribution < 1.29 is 18.3 Å². The van der Waals surface area contributed by atoms with Gasteiger partial charge >= 0.3 is 0 Å². The predicted molar refractivity (Wildman–Crippen MR) is 117 cm³/mol. The van der Waals surface area contributed by atoms with Crippen molar-refractivity contribution in [2.24, 2.45) is 17.8 Å². The number of hydrogen-bond donors (Lipinski definition) is 2. The molecule has 2 aliphatic carbocycles. The lowest BCUT2D eigenvalue weighted by atomic mass is 9.88. The zero-order valence-corrected chi connectivity index (χ0v) is 18.5.